The number of aromatic nitrogens is 2. The highest BCUT2D eigenvalue weighted by Gasteiger charge is 1.98. The van der Waals surface area contributed by atoms with Crippen LogP contribution in [-0.4, -0.2) is 9.97 Å². The van der Waals surface area contributed by atoms with Crippen molar-refractivity contribution in [3.8, 4) is 0 Å². The van der Waals surface area contributed by atoms with Crippen LogP contribution < -0.4 is 5.43 Å². The van der Waals surface area contributed by atoms with E-state index in [1.54, 1.807) is 12.3 Å². The Bertz CT molecular complexity index is 443. The minimum Gasteiger partial charge on any atom is -0.348 e. The maximum absolute atomic E-state index is 11.2. The molecule has 0 saturated heterocycles. The second-order valence-electron chi connectivity index (χ2n) is 2.25. The highest BCUT2D eigenvalue weighted by molar-refractivity contribution is 9.10. The number of H-pyrrole nitrogens is 2. The Kier molecular flexibility index (Phi) is 1.35. The van der Waals surface area contributed by atoms with E-state index in [1.165, 1.54) is 6.07 Å². The number of pyridine rings is 1. The fourth-order valence-electron chi connectivity index (χ4n) is 1.03. The van der Waals surface area contributed by atoms with E-state index in [9.17, 15) is 4.79 Å². The highest BCUT2D eigenvalue weighted by atomic mass is 79.9. The Morgan fingerprint density at radius 1 is 1.45 bits per heavy atom. The minimum atomic E-state index is 0.0203. The predicted octanol–water partition coefficient (Wildman–Crippen LogP) is 1.62. The van der Waals surface area contributed by atoms with Crippen molar-refractivity contribution in [3.05, 3.63) is 33.2 Å². The third-order valence-corrected chi connectivity index (χ3v) is 1.94. The van der Waals surface area contributed by atoms with E-state index in [-0.39, 0.29) is 5.43 Å². The van der Waals surface area contributed by atoms with Crippen molar-refractivity contribution in [1.82, 2.24) is 9.97 Å². The highest BCUT2D eigenvalue weighted by Crippen LogP contribution is 2.08. The maximum atomic E-state index is 11.2. The molecule has 11 heavy (non-hydrogen) atoms. The van der Waals surface area contributed by atoms with Crippen molar-refractivity contribution in [2.24, 2.45) is 0 Å². The normalized spacial score (nSPS) is 10.6. The monoisotopic (exact) mass is 212 g/mol. The summed E-state index contributed by atoms with van der Waals surface area (Å²) in [7, 11) is 0. The van der Waals surface area contributed by atoms with Crippen LogP contribution in [0.2, 0.25) is 0 Å². The molecule has 2 aromatic rings. The third kappa shape index (κ3) is 0.991. The molecule has 2 aromatic heterocycles. The molecule has 2 rings (SSSR count). The maximum Gasteiger partial charge on any atom is 0.192 e. The summed E-state index contributed by atoms with van der Waals surface area (Å²) < 4.78 is 0.692. The van der Waals surface area contributed by atoms with Crippen LogP contribution >= 0.6 is 15.9 Å². The third-order valence-electron chi connectivity index (χ3n) is 1.51. The Hall–Kier alpha value is -1.03. The molecule has 4 heteroatoms. The molecular weight excluding hydrogens is 208 g/mol. The SMILES string of the molecule is O=c1cc(Br)[nH]c2[nH]ccc12. The van der Waals surface area contributed by atoms with Crippen LogP contribution in [0.3, 0.4) is 0 Å². The van der Waals surface area contributed by atoms with Gasteiger partial charge in [-0.15, -0.1) is 0 Å². The van der Waals surface area contributed by atoms with Gasteiger partial charge in [-0.05, 0) is 22.0 Å². The largest absolute Gasteiger partial charge is 0.348 e. The number of hydrogen-bond donors (Lipinski definition) is 2. The molecule has 0 atom stereocenters. The van der Waals surface area contributed by atoms with Gasteiger partial charge in [0.25, 0.3) is 0 Å². The van der Waals surface area contributed by atoms with E-state index in [4.69, 9.17) is 0 Å². The number of nitrogens with one attached hydrogen (secondary N) is 2. The van der Waals surface area contributed by atoms with E-state index < -0.39 is 0 Å². The molecule has 0 amide bonds. The fourth-order valence-corrected chi connectivity index (χ4v) is 1.43. The number of hydrogen-bond acceptors (Lipinski definition) is 1. The second kappa shape index (κ2) is 2.23. The van der Waals surface area contributed by atoms with Gasteiger partial charge in [0.15, 0.2) is 5.43 Å². The van der Waals surface area contributed by atoms with Gasteiger partial charge in [0.05, 0.1) is 9.99 Å². The molecule has 0 bridgehead atoms. The molecule has 0 spiro atoms. The molecule has 56 valence electrons. The molecule has 2 heterocycles. The summed E-state index contributed by atoms with van der Waals surface area (Å²) >= 11 is 3.19. The molecule has 0 aromatic carbocycles. The van der Waals surface area contributed by atoms with Crippen molar-refractivity contribution in [1.29, 1.82) is 0 Å². The van der Waals surface area contributed by atoms with Crippen LogP contribution in [0.5, 0.6) is 0 Å². The lowest BCUT2D eigenvalue weighted by Gasteiger charge is -1.90. The second-order valence-corrected chi connectivity index (χ2v) is 3.10. The van der Waals surface area contributed by atoms with Crippen LogP contribution in [-0.2, 0) is 0 Å². The standard InChI is InChI=1S/C7H5BrN2O/c8-6-3-5(11)4-1-2-9-7(4)10-6/h1-3H,(H2,9,10,11). The van der Waals surface area contributed by atoms with Gasteiger partial charge in [0.2, 0.25) is 0 Å². The van der Waals surface area contributed by atoms with E-state index in [1.807, 2.05) is 0 Å². The number of aromatic amines is 2. The number of fused-ring (bicyclic) bond motifs is 1. The zero-order chi connectivity index (χ0) is 7.84. The van der Waals surface area contributed by atoms with Crippen molar-refractivity contribution < 1.29 is 0 Å². The lowest BCUT2D eigenvalue weighted by molar-refractivity contribution is 1.28. The lowest BCUT2D eigenvalue weighted by atomic mass is 10.3. The van der Waals surface area contributed by atoms with Gasteiger partial charge in [0.1, 0.15) is 5.65 Å². The lowest BCUT2D eigenvalue weighted by Crippen LogP contribution is -1.99. The zero-order valence-electron chi connectivity index (χ0n) is 5.52. The molecule has 0 radical (unpaired) electrons. The van der Waals surface area contributed by atoms with Crippen LogP contribution in [0.15, 0.2) is 27.7 Å². The van der Waals surface area contributed by atoms with Gasteiger partial charge in [-0.25, -0.2) is 0 Å². The smallest absolute Gasteiger partial charge is 0.192 e. The van der Waals surface area contributed by atoms with Crippen LogP contribution in [0.4, 0.5) is 0 Å². The van der Waals surface area contributed by atoms with Gasteiger partial charge in [0, 0.05) is 12.3 Å². The Morgan fingerprint density at radius 3 is 3.09 bits per heavy atom. The summed E-state index contributed by atoms with van der Waals surface area (Å²) in [5.41, 5.74) is 0.774. The molecule has 0 fully saturated rings. The minimum absolute atomic E-state index is 0.0203. The first-order chi connectivity index (χ1) is 5.27. The molecule has 0 saturated carbocycles. The fraction of sp³-hybridized carbons (Fsp3) is 0. The van der Waals surface area contributed by atoms with Gasteiger partial charge in [-0.3, -0.25) is 4.79 Å². The molecular formula is C7H5BrN2O. The summed E-state index contributed by atoms with van der Waals surface area (Å²) in [5, 5.41) is 0.688. The zero-order valence-corrected chi connectivity index (χ0v) is 7.10. The van der Waals surface area contributed by atoms with E-state index >= 15 is 0 Å². The summed E-state index contributed by atoms with van der Waals surface area (Å²) in [5.74, 6) is 0. The molecule has 2 N–H and O–H groups in total. The average molecular weight is 213 g/mol. The molecule has 0 aliphatic heterocycles. The Balaban J connectivity index is 3.02. The van der Waals surface area contributed by atoms with Gasteiger partial charge in [-0.2, -0.15) is 0 Å². The van der Waals surface area contributed by atoms with E-state index in [0.29, 0.717) is 9.99 Å². The van der Waals surface area contributed by atoms with Crippen LogP contribution in [0.1, 0.15) is 0 Å². The molecule has 3 nitrogen and oxygen atoms in total. The topological polar surface area (TPSA) is 48.6 Å². The summed E-state index contributed by atoms with van der Waals surface area (Å²) in [6.07, 6.45) is 1.73. The van der Waals surface area contributed by atoms with Crippen molar-refractivity contribution in [2.45, 2.75) is 0 Å². The summed E-state index contributed by atoms with van der Waals surface area (Å²) in [4.78, 5) is 17.1. The van der Waals surface area contributed by atoms with Gasteiger partial charge < -0.3 is 9.97 Å². The Morgan fingerprint density at radius 2 is 2.27 bits per heavy atom. The first-order valence-corrected chi connectivity index (χ1v) is 3.92. The molecule has 0 unspecified atom stereocenters. The van der Waals surface area contributed by atoms with Gasteiger partial charge in [-0.1, -0.05) is 0 Å². The molecule has 0 aliphatic rings. The number of rotatable bonds is 0. The van der Waals surface area contributed by atoms with E-state index in [2.05, 4.69) is 25.9 Å². The van der Waals surface area contributed by atoms with Crippen molar-refractivity contribution >= 4 is 27.0 Å². The van der Waals surface area contributed by atoms with Crippen molar-refractivity contribution in [2.75, 3.05) is 0 Å². The van der Waals surface area contributed by atoms with Crippen molar-refractivity contribution in [3.63, 3.8) is 0 Å². The molecule has 0 aliphatic carbocycles. The summed E-state index contributed by atoms with van der Waals surface area (Å²) in [6.45, 7) is 0. The van der Waals surface area contributed by atoms with Crippen LogP contribution in [0, 0.1) is 0 Å². The number of halogens is 1. The first-order valence-electron chi connectivity index (χ1n) is 3.13. The summed E-state index contributed by atoms with van der Waals surface area (Å²) in [6, 6.07) is 3.26. The Labute approximate surface area is 70.6 Å². The predicted molar refractivity (Wildman–Crippen MR) is 46.6 cm³/mol. The quantitative estimate of drug-likeness (QED) is 0.641. The van der Waals surface area contributed by atoms with Crippen LogP contribution in [0.25, 0.3) is 11.0 Å². The average Bonchev–Trinajstić information content (AvgIpc) is 2.34. The van der Waals surface area contributed by atoms with E-state index in [0.717, 1.165) is 5.65 Å². The van der Waals surface area contributed by atoms with Gasteiger partial charge >= 0.3 is 0 Å². The first kappa shape index (κ1) is 6.67.